The number of carboxylic acid groups (broad SMARTS) is 1. The van der Waals surface area contributed by atoms with Crippen LogP contribution in [0.15, 0.2) is 12.3 Å². The number of morpholine rings is 1. The van der Waals surface area contributed by atoms with Crippen molar-refractivity contribution in [2.75, 3.05) is 31.2 Å². The minimum Gasteiger partial charge on any atom is -0.478 e. The van der Waals surface area contributed by atoms with Crippen molar-refractivity contribution in [1.82, 2.24) is 4.98 Å². The zero-order valence-corrected chi connectivity index (χ0v) is 9.28. The van der Waals surface area contributed by atoms with E-state index in [9.17, 15) is 4.79 Å². The number of nitrogens with zero attached hydrogens (tertiary/aromatic N) is 2. The molecular weight excluding hydrogens is 232 g/mol. The predicted octanol–water partition coefficient (Wildman–Crippen LogP) is 1.27. The number of pyridine rings is 1. The summed E-state index contributed by atoms with van der Waals surface area (Å²) in [5, 5.41) is 9.12. The number of rotatable bonds is 2. The van der Waals surface area contributed by atoms with Crippen LogP contribution in [-0.2, 0) is 4.74 Å². The van der Waals surface area contributed by atoms with E-state index in [2.05, 4.69) is 4.98 Å². The summed E-state index contributed by atoms with van der Waals surface area (Å²) in [6.45, 7) is 2.57. The largest absolute Gasteiger partial charge is 0.478 e. The average molecular weight is 243 g/mol. The van der Waals surface area contributed by atoms with Crippen molar-refractivity contribution < 1.29 is 14.6 Å². The van der Waals surface area contributed by atoms with Crippen molar-refractivity contribution >= 4 is 23.4 Å². The molecule has 0 saturated carbocycles. The van der Waals surface area contributed by atoms with Gasteiger partial charge in [0.25, 0.3) is 0 Å². The molecule has 0 aliphatic carbocycles. The first-order valence-electron chi connectivity index (χ1n) is 4.90. The van der Waals surface area contributed by atoms with E-state index < -0.39 is 5.97 Å². The summed E-state index contributed by atoms with van der Waals surface area (Å²) < 4.78 is 5.21. The standard InChI is InChI=1S/C10H11ClN2O3/c11-8-7(10(14)15)1-2-12-9(8)13-3-5-16-6-4-13/h1-2H,3-6H2,(H,14,15). The van der Waals surface area contributed by atoms with E-state index in [0.29, 0.717) is 32.1 Å². The SMILES string of the molecule is O=C(O)c1ccnc(N2CCOCC2)c1Cl. The number of hydrogen-bond donors (Lipinski definition) is 1. The molecule has 0 spiro atoms. The van der Waals surface area contributed by atoms with Crippen LogP contribution in [0.2, 0.25) is 5.02 Å². The summed E-state index contributed by atoms with van der Waals surface area (Å²) in [5.74, 6) is -0.522. The maximum Gasteiger partial charge on any atom is 0.337 e. The van der Waals surface area contributed by atoms with Crippen LogP contribution in [0.1, 0.15) is 10.4 Å². The lowest BCUT2D eigenvalue weighted by Crippen LogP contribution is -2.37. The van der Waals surface area contributed by atoms with Crippen LogP contribution < -0.4 is 4.90 Å². The molecule has 1 aliphatic rings. The van der Waals surface area contributed by atoms with Gasteiger partial charge >= 0.3 is 5.97 Å². The van der Waals surface area contributed by atoms with Gasteiger partial charge in [-0.25, -0.2) is 9.78 Å². The van der Waals surface area contributed by atoms with Gasteiger partial charge in [-0.2, -0.15) is 0 Å². The molecule has 1 aromatic heterocycles. The summed E-state index contributed by atoms with van der Waals surface area (Å²) in [5.41, 5.74) is 0.0816. The van der Waals surface area contributed by atoms with Crippen molar-refractivity contribution in [3.8, 4) is 0 Å². The Morgan fingerprint density at radius 2 is 2.19 bits per heavy atom. The molecule has 86 valence electrons. The molecule has 0 amide bonds. The first-order valence-corrected chi connectivity index (χ1v) is 5.28. The van der Waals surface area contributed by atoms with Gasteiger partial charge in [0.15, 0.2) is 0 Å². The molecule has 0 bridgehead atoms. The van der Waals surface area contributed by atoms with Crippen LogP contribution in [0.25, 0.3) is 0 Å². The van der Waals surface area contributed by atoms with Crippen molar-refractivity contribution in [2.45, 2.75) is 0 Å². The molecule has 1 N–H and O–H groups in total. The lowest BCUT2D eigenvalue weighted by Gasteiger charge is -2.28. The van der Waals surface area contributed by atoms with Gasteiger partial charge < -0.3 is 14.7 Å². The smallest absolute Gasteiger partial charge is 0.337 e. The average Bonchev–Trinajstić information content (AvgIpc) is 2.30. The minimum atomic E-state index is -1.04. The fourth-order valence-corrected chi connectivity index (χ4v) is 1.91. The van der Waals surface area contributed by atoms with Crippen LogP contribution in [-0.4, -0.2) is 42.4 Å². The maximum absolute atomic E-state index is 10.9. The lowest BCUT2D eigenvalue weighted by molar-refractivity contribution is 0.0697. The van der Waals surface area contributed by atoms with Gasteiger partial charge in [-0.3, -0.25) is 0 Å². The van der Waals surface area contributed by atoms with E-state index in [1.165, 1.54) is 12.3 Å². The molecule has 2 heterocycles. The molecule has 0 unspecified atom stereocenters. The van der Waals surface area contributed by atoms with Gasteiger partial charge in [-0.1, -0.05) is 11.6 Å². The van der Waals surface area contributed by atoms with E-state index in [0.717, 1.165) is 0 Å². The second-order valence-corrected chi connectivity index (χ2v) is 3.78. The number of carbonyl (C=O) groups is 1. The fraction of sp³-hybridized carbons (Fsp3) is 0.400. The highest BCUT2D eigenvalue weighted by Crippen LogP contribution is 2.27. The Morgan fingerprint density at radius 1 is 1.50 bits per heavy atom. The van der Waals surface area contributed by atoms with Gasteiger partial charge in [0.1, 0.15) is 5.82 Å². The summed E-state index contributed by atoms with van der Waals surface area (Å²) >= 11 is 6.01. The number of carboxylic acids is 1. The Balaban J connectivity index is 2.33. The van der Waals surface area contributed by atoms with E-state index in [1.54, 1.807) is 0 Å². The molecule has 6 heteroatoms. The first-order chi connectivity index (χ1) is 7.70. The Morgan fingerprint density at radius 3 is 2.81 bits per heavy atom. The van der Waals surface area contributed by atoms with E-state index in [1.807, 2.05) is 4.90 Å². The predicted molar refractivity (Wildman–Crippen MR) is 59.2 cm³/mol. The molecule has 0 radical (unpaired) electrons. The molecule has 1 fully saturated rings. The van der Waals surface area contributed by atoms with Crippen molar-refractivity contribution in [1.29, 1.82) is 0 Å². The maximum atomic E-state index is 10.9. The molecule has 1 aliphatic heterocycles. The van der Waals surface area contributed by atoms with Crippen molar-refractivity contribution in [3.63, 3.8) is 0 Å². The zero-order valence-electron chi connectivity index (χ0n) is 8.52. The van der Waals surface area contributed by atoms with Crippen LogP contribution >= 0.6 is 11.6 Å². The van der Waals surface area contributed by atoms with Gasteiger partial charge in [0.2, 0.25) is 0 Å². The second kappa shape index (κ2) is 4.67. The summed E-state index contributed by atoms with van der Waals surface area (Å²) in [4.78, 5) is 17.0. The third-order valence-electron chi connectivity index (χ3n) is 2.41. The molecule has 0 atom stereocenters. The Bertz CT molecular complexity index is 405. The number of aromatic carboxylic acids is 1. The summed E-state index contributed by atoms with van der Waals surface area (Å²) in [6, 6.07) is 1.40. The Hall–Kier alpha value is -1.33. The summed E-state index contributed by atoms with van der Waals surface area (Å²) in [7, 11) is 0. The molecule has 0 aromatic carbocycles. The second-order valence-electron chi connectivity index (χ2n) is 3.40. The quantitative estimate of drug-likeness (QED) is 0.846. The number of ether oxygens (including phenoxy) is 1. The van der Waals surface area contributed by atoms with Crippen LogP contribution in [0.3, 0.4) is 0 Å². The molecule has 16 heavy (non-hydrogen) atoms. The fourth-order valence-electron chi connectivity index (χ4n) is 1.59. The number of aromatic nitrogens is 1. The highest BCUT2D eigenvalue weighted by Gasteiger charge is 2.19. The Kier molecular flexibility index (Phi) is 3.26. The highest BCUT2D eigenvalue weighted by atomic mass is 35.5. The van der Waals surface area contributed by atoms with Gasteiger partial charge in [0, 0.05) is 19.3 Å². The van der Waals surface area contributed by atoms with Gasteiger partial charge in [-0.05, 0) is 6.07 Å². The van der Waals surface area contributed by atoms with Gasteiger partial charge in [-0.15, -0.1) is 0 Å². The summed E-state index contributed by atoms with van der Waals surface area (Å²) in [6.07, 6.45) is 1.46. The van der Waals surface area contributed by atoms with E-state index in [4.69, 9.17) is 21.4 Å². The number of halogens is 1. The van der Waals surface area contributed by atoms with Crippen LogP contribution in [0, 0.1) is 0 Å². The normalized spacial score (nSPS) is 16.2. The zero-order chi connectivity index (χ0) is 11.5. The molecule has 1 saturated heterocycles. The van der Waals surface area contributed by atoms with Crippen molar-refractivity contribution in [2.24, 2.45) is 0 Å². The van der Waals surface area contributed by atoms with Crippen LogP contribution in [0.4, 0.5) is 5.82 Å². The molecule has 5 nitrogen and oxygen atoms in total. The molecular formula is C10H11ClN2O3. The topological polar surface area (TPSA) is 62.7 Å². The molecule has 1 aromatic rings. The first kappa shape index (κ1) is 11.2. The van der Waals surface area contributed by atoms with Crippen molar-refractivity contribution in [3.05, 3.63) is 22.8 Å². The van der Waals surface area contributed by atoms with E-state index >= 15 is 0 Å². The van der Waals surface area contributed by atoms with Gasteiger partial charge in [0.05, 0.1) is 23.8 Å². The lowest BCUT2D eigenvalue weighted by atomic mass is 10.2. The van der Waals surface area contributed by atoms with Crippen LogP contribution in [0.5, 0.6) is 0 Å². The Labute approximate surface area is 97.6 Å². The molecule has 2 rings (SSSR count). The monoisotopic (exact) mass is 242 g/mol. The number of hydrogen-bond acceptors (Lipinski definition) is 4. The van der Waals surface area contributed by atoms with E-state index in [-0.39, 0.29) is 10.6 Å². The highest BCUT2D eigenvalue weighted by molar-refractivity contribution is 6.35. The third-order valence-corrected chi connectivity index (χ3v) is 2.78. The third kappa shape index (κ3) is 2.10. The number of anilines is 1. The minimum absolute atomic E-state index is 0.0816.